The lowest BCUT2D eigenvalue weighted by molar-refractivity contribution is 1.25. The van der Waals surface area contributed by atoms with Gasteiger partial charge in [0.2, 0.25) is 0 Å². The fraction of sp³-hybridized carbons (Fsp3) is 0.600. The van der Waals surface area contributed by atoms with E-state index in [1.165, 1.54) is 18.1 Å². The number of hydrogen-bond acceptors (Lipinski definition) is 0. The van der Waals surface area contributed by atoms with Gasteiger partial charge in [0.05, 0.1) is 0 Å². The van der Waals surface area contributed by atoms with E-state index in [-0.39, 0.29) is 0 Å². The fourth-order valence-electron chi connectivity index (χ4n) is 4.76. The highest BCUT2D eigenvalue weighted by Gasteiger charge is 2.49. The summed E-state index contributed by atoms with van der Waals surface area (Å²) in [5, 5.41) is 0. The van der Waals surface area contributed by atoms with Gasteiger partial charge >= 0.3 is 0 Å². The summed E-state index contributed by atoms with van der Waals surface area (Å²) in [5.74, 6) is 0. The van der Waals surface area contributed by atoms with Crippen LogP contribution in [0.25, 0.3) is 0 Å². The van der Waals surface area contributed by atoms with Crippen molar-refractivity contribution in [3.8, 4) is 0 Å². The maximum absolute atomic E-state index is 4.01. The van der Waals surface area contributed by atoms with Crippen LogP contribution in [-0.4, -0.2) is 24.2 Å². The summed E-state index contributed by atoms with van der Waals surface area (Å²) in [6.45, 7) is 19.9. The zero-order valence-corrected chi connectivity index (χ0v) is 15.6. The second-order valence-electron chi connectivity index (χ2n) is 7.44. The van der Waals surface area contributed by atoms with Crippen molar-refractivity contribution in [3.05, 3.63) is 38.0 Å². The molecule has 18 heavy (non-hydrogen) atoms. The van der Waals surface area contributed by atoms with Crippen LogP contribution in [-0.2, 0) is 0 Å². The molecule has 0 saturated carbocycles. The van der Waals surface area contributed by atoms with Gasteiger partial charge in [-0.1, -0.05) is 54.9 Å². The molecule has 0 radical (unpaired) electrons. The second-order valence-corrected chi connectivity index (χ2v) is 23.8. The molecule has 1 aliphatic heterocycles. The lowest BCUT2D eigenvalue weighted by Gasteiger charge is -2.50. The van der Waals surface area contributed by atoms with Crippen LogP contribution in [0.15, 0.2) is 38.0 Å². The van der Waals surface area contributed by atoms with Crippen LogP contribution in [0.2, 0.25) is 54.8 Å². The SMILES string of the molecule is C=CC[Si]1(C)C[Si](C)(CC=C)C[Si](C)(CC=C)C1. The van der Waals surface area contributed by atoms with Gasteiger partial charge in [-0.15, -0.1) is 19.7 Å². The molecule has 0 bridgehead atoms. The first-order chi connectivity index (χ1) is 8.30. The molecule has 0 spiro atoms. The van der Waals surface area contributed by atoms with Crippen molar-refractivity contribution in [2.75, 3.05) is 0 Å². The Morgan fingerprint density at radius 2 is 0.889 bits per heavy atom. The van der Waals surface area contributed by atoms with Crippen molar-refractivity contribution in [2.45, 2.75) is 54.8 Å². The molecule has 3 heteroatoms. The minimum Gasteiger partial charge on any atom is -0.103 e. The Morgan fingerprint density at radius 3 is 1.06 bits per heavy atom. The molecule has 1 rings (SSSR count). The molecule has 0 unspecified atom stereocenters. The molecule has 0 aromatic heterocycles. The summed E-state index contributed by atoms with van der Waals surface area (Å²) < 4.78 is 0. The molecule has 0 atom stereocenters. The average Bonchev–Trinajstić information content (AvgIpc) is 2.14. The van der Waals surface area contributed by atoms with Crippen LogP contribution >= 0.6 is 0 Å². The molecule has 0 N–H and O–H groups in total. The first-order valence-corrected chi connectivity index (χ1v) is 16.5. The van der Waals surface area contributed by atoms with E-state index in [9.17, 15) is 0 Å². The summed E-state index contributed by atoms with van der Waals surface area (Å²) in [6.07, 6.45) is 6.59. The Labute approximate surface area is 117 Å². The number of rotatable bonds is 6. The molecule has 102 valence electrons. The molecule has 1 heterocycles. The van der Waals surface area contributed by atoms with Crippen molar-refractivity contribution >= 4 is 24.2 Å². The van der Waals surface area contributed by atoms with Gasteiger partial charge in [0.25, 0.3) is 0 Å². The third-order valence-electron chi connectivity index (χ3n) is 4.47. The Hall–Kier alpha value is -0.129. The molecular weight excluding hydrogens is 264 g/mol. The van der Waals surface area contributed by atoms with E-state index in [0.29, 0.717) is 0 Å². The summed E-state index contributed by atoms with van der Waals surface area (Å²) in [4.78, 5) is 0. The maximum Gasteiger partial charge on any atom is 0.0490 e. The fourth-order valence-corrected chi connectivity index (χ4v) is 39.9. The zero-order valence-electron chi connectivity index (χ0n) is 12.6. The Morgan fingerprint density at radius 1 is 0.667 bits per heavy atom. The topological polar surface area (TPSA) is 0 Å². The number of allylic oxidation sites excluding steroid dienone is 3. The van der Waals surface area contributed by atoms with Crippen molar-refractivity contribution in [2.24, 2.45) is 0 Å². The predicted octanol–water partition coefficient (Wildman–Crippen LogP) is 5.41. The molecule has 0 nitrogen and oxygen atoms in total. The van der Waals surface area contributed by atoms with Gasteiger partial charge in [-0.25, -0.2) is 0 Å². The summed E-state index contributed by atoms with van der Waals surface area (Å²) >= 11 is 0. The molecule has 0 aromatic rings. The van der Waals surface area contributed by atoms with Gasteiger partial charge < -0.3 is 0 Å². The van der Waals surface area contributed by atoms with Gasteiger partial charge in [-0.05, 0) is 18.1 Å². The standard InChI is InChI=1S/C15H30Si3/c1-7-10-16(4)13-17(5,11-8-2)15-18(6,14-16)12-9-3/h7-9H,1-3,10-15H2,4-6H3. The van der Waals surface area contributed by atoms with Gasteiger partial charge in [-0.3, -0.25) is 0 Å². The van der Waals surface area contributed by atoms with Crippen molar-refractivity contribution in [1.29, 1.82) is 0 Å². The smallest absolute Gasteiger partial charge is 0.0490 e. The molecular formula is C15H30Si3. The van der Waals surface area contributed by atoms with Crippen LogP contribution in [0.1, 0.15) is 0 Å². The normalized spacial score (nSPS) is 40.2. The number of hydrogen-bond donors (Lipinski definition) is 0. The lowest BCUT2D eigenvalue weighted by Crippen LogP contribution is -2.58. The Kier molecular flexibility index (Phi) is 5.21. The predicted molar refractivity (Wildman–Crippen MR) is 94.3 cm³/mol. The van der Waals surface area contributed by atoms with Crippen LogP contribution in [0, 0.1) is 0 Å². The Bertz CT molecular complexity index is 274. The summed E-state index contributed by atoms with van der Waals surface area (Å²) in [5.41, 5.74) is 4.79. The highest BCUT2D eigenvalue weighted by molar-refractivity contribution is 7.13. The third kappa shape index (κ3) is 3.93. The van der Waals surface area contributed by atoms with Gasteiger partial charge in [0.1, 0.15) is 0 Å². The first-order valence-electron chi connectivity index (χ1n) is 7.13. The van der Waals surface area contributed by atoms with E-state index >= 15 is 0 Å². The van der Waals surface area contributed by atoms with E-state index in [2.05, 4.69) is 57.6 Å². The monoisotopic (exact) mass is 294 g/mol. The molecule has 1 saturated heterocycles. The van der Waals surface area contributed by atoms with Gasteiger partial charge in [0.15, 0.2) is 0 Å². The second kappa shape index (κ2) is 5.89. The summed E-state index contributed by atoms with van der Waals surface area (Å²) in [7, 11) is -3.22. The quantitative estimate of drug-likeness (QED) is 0.454. The maximum atomic E-state index is 4.01. The van der Waals surface area contributed by atoms with Crippen LogP contribution in [0.4, 0.5) is 0 Å². The highest BCUT2D eigenvalue weighted by atomic mass is 28.5. The van der Waals surface area contributed by atoms with Gasteiger partial charge in [-0.2, -0.15) is 0 Å². The third-order valence-corrected chi connectivity index (χ3v) is 28.8. The summed E-state index contributed by atoms with van der Waals surface area (Å²) in [6, 6.07) is 3.98. The van der Waals surface area contributed by atoms with E-state index in [4.69, 9.17) is 0 Å². The minimum atomic E-state index is -1.07. The molecule has 1 fully saturated rings. The van der Waals surface area contributed by atoms with Crippen LogP contribution < -0.4 is 0 Å². The van der Waals surface area contributed by atoms with E-state index in [1.807, 2.05) is 0 Å². The molecule has 0 amide bonds. The molecule has 0 aliphatic carbocycles. The molecule has 1 aliphatic rings. The highest BCUT2D eigenvalue weighted by Crippen LogP contribution is 2.45. The zero-order chi connectivity index (χ0) is 13.9. The minimum absolute atomic E-state index is 1.07. The van der Waals surface area contributed by atoms with Crippen molar-refractivity contribution in [1.82, 2.24) is 0 Å². The van der Waals surface area contributed by atoms with Crippen LogP contribution in [0.3, 0.4) is 0 Å². The largest absolute Gasteiger partial charge is 0.103 e. The molecule has 0 aromatic carbocycles. The van der Waals surface area contributed by atoms with E-state index in [0.717, 1.165) is 0 Å². The van der Waals surface area contributed by atoms with E-state index in [1.54, 1.807) is 17.0 Å². The lowest BCUT2D eigenvalue weighted by atomic mass is 10.8. The van der Waals surface area contributed by atoms with Crippen molar-refractivity contribution in [3.63, 3.8) is 0 Å². The van der Waals surface area contributed by atoms with Crippen LogP contribution in [0.5, 0.6) is 0 Å². The Balaban J connectivity index is 3.01. The van der Waals surface area contributed by atoms with Gasteiger partial charge in [0, 0.05) is 24.2 Å². The van der Waals surface area contributed by atoms with E-state index < -0.39 is 24.2 Å². The average molecular weight is 295 g/mol. The first kappa shape index (κ1) is 15.9. The van der Waals surface area contributed by atoms with Crippen molar-refractivity contribution < 1.29 is 0 Å².